The van der Waals surface area contributed by atoms with Crippen LogP contribution in [0.2, 0.25) is 0 Å². The van der Waals surface area contributed by atoms with Crippen LogP contribution in [0.5, 0.6) is 0 Å². The molecule has 0 radical (unpaired) electrons. The monoisotopic (exact) mass is 261 g/mol. The molecule has 0 bridgehead atoms. The molecule has 1 atom stereocenters. The van der Waals surface area contributed by atoms with Crippen LogP contribution in [0.25, 0.3) is 11.0 Å². The molecule has 19 heavy (non-hydrogen) atoms. The van der Waals surface area contributed by atoms with Gasteiger partial charge in [0, 0.05) is 19.2 Å². The van der Waals surface area contributed by atoms with Gasteiger partial charge in [-0.1, -0.05) is 6.42 Å². The standard InChI is InChI=1S/C13H19N5O/c19-12(4-7-17-5-2-1-3-6-17)18-13-11(9-16-18)8-14-10-15-13/h8-10,12,19H,1-7H2. The van der Waals surface area contributed by atoms with Crippen LogP contribution in [-0.2, 0) is 0 Å². The summed E-state index contributed by atoms with van der Waals surface area (Å²) >= 11 is 0. The molecule has 0 spiro atoms. The first-order valence-electron chi connectivity index (χ1n) is 6.88. The molecule has 6 nitrogen and oxygen atoms in total. The number of aromatic nitrogens is 4. The van der Waals surface area contributed by atoms with E-state index < -0.39 is 6.23 Å². The summed E-state index contributed by atoms with van der Waals surface area (Å²) in [5.41, 5.74) is 0.696. The molecular formula is C13H19N5O. The summed E-state index contributed by atoms with van der Waals surface area (Å²) in [6, 6.07) is 0. The van der Waals surface area contributed by atoms with Crippen LogP contribution in [0, 0.1) is 0 Å². The number of rotatable bonds is 4. The SMILES string of the molecule is OC(CCN1CCCCC1)n1ncc2cncnc21. The van der Waals surface area contributed by atoms with Gasteiger partial charge in [-0.25, -0.2) is 14.6 Å². The van der Waals surface area contributed by atoms with Crippen molar-refractivity contribution in [1.29, 1.82) is 0 Å². The molecule has 2 aromatic heterocycles. The van der Waals surface area contributed by atoms with E-state index in [2.05, 4.69) is 20.0 Å². The summed E-state index contributed by atoms with van der Waals surface area (Å²) in [5.74, 6) is 0. The normalized spacial score (nSPS) is 18.8. The highest BCUT2D eigenvalue weighted by molar-refractivity contribution is 5.72. The van der Waals surface area contributed by atoms with Crippen molar-refractivity contribution in [2.45, 2.75) is 31.9 Å². The molecule has 6 heteroatoms. The lowest BCUT2D eigenvalue weighted by molar-refractivity contribution is 0.0684. The van der Waals surface area contributed by atoms with Crippen molar-refractivity contribution in [2.24, 2.45) is 0 Å². The first-order valence-corrected chi connectivity index (χ1v) is 6.88. The number of aliphatic hydroxyl groups is 1. The summed E-state index contributed by atoms with van der Waals surface area (Å²) in [7, 11) is 0. The Balaban J connectivity index is 1.64. The zero-order valence-electron chi connectivity index (χ0n) is 10.9. The second kappa shape index (κ2) is 5.63. The van der Waals surface area contributed by atoms with E-state index in [1.807, 2.05) is 0 Å². The number of piperidine rings is 1. The fourth-order valence-electron chi connectivity index (χ4n) is 2.62. The molecule has 3 rings (SSSR count). The predicted octanol–water partition coefficient (Wildman–Crippen LogP) is 1.19. The van der Waals surface area contributed by atoms with E-state index in [0.29, 0.717) is 12.1 Å². The van der Waals surface area contributed by atoms with Gasteiger partial charge in [-0.15, -0.1) is 0 Å². The van der Waals surface area contributed by atoms with Gasteiger partial charge in [0.15, 0.2) is 11.9 Å². The molecule has 3 heterocycles. The Hall–Kier alpha value is -1.53. The largest absolute Gasteiger partial charge is 0.372 e. The molecule has 0 aromatic carbocycles. The van der Waals surface area contributed by atoms with Crippen molar-refractivity contribution >= 4 is 11.0 Å². The summed E-state index contributed by atoms with van der Waals surface area (Å²) in [6.07, 6.45) is 8.83. The Morgan fingerprint density at radius 3 is 2.89 bits per heavy atom. The highest BCUT2D eigenvalue weighted by atomic mass is 16.3. The lowest BCUT2D eigenvalue weighted by atomic mass is 10.1. The second-order valence-electron chi connectivity index (χ2n) is 5.06. The van der Waals surface area contributed by atoms with E-state index in [-0.39, 0.29) is 0 Å². The molecular weight excluding hydrogens is 242 g/mol. The zero-order chi connectivity index (χ0) is 13.1. The van der Waals surface area contributed by atoms with Crippen LogP contribution in [-0.4, -0.2) is 49.4 Å². The third kappa shape index (κ3) is 2.74. The van der Waals surface area contributed by atoms with Gasteiger partial charge in [-0.05, 0) is 25.9 Å². The molecule has 0 saturated carbocycles. The summed E-state index contributed by atoms with van der Waals surface area (Å²) in [4.78, 5) is 10.5. The molecule has 1 fully saturated rings. The van der Waals surface area contributed by atoms with E-state index in [1.165, 1.54) is 25.6 Å². The van der Waals surface area contributed by atoms with Gasteiger partial charge in [0.1, 0.15) is 6.33 Å². The minimum absolute atomic E-state index is 0.616. The molecule has 1 aliphatic heterocycles. The van der Waals surface area contributed by atoms with Crippen LogP contribution >= 0.6 is 0 Å². The van der Waals surface area contributed by atoms with E-state index in [0.717, 1.165) is 25.0 Å². The third-order valence-corrected chi connectivity index (χ3v) is 3.69. The van der Waals surface area contributed by atoms with E-state index >= 15 is 0 Å². The molecule has 0 aliphatic carbocycles. The van der Waals surface area contributed by atoms with Crippen LogP contribution in [0.3, 0.4) is 0 Å². The van der Waals surface area contributed by atoms with Crippen molar-refractivity contribution in [3.05, 3.63) is 18.7 Å². The van der Waals surface area contributed by atoms with Gasteiger partial charge < -0.3 is 10.0 Å². The van der Waals surface area contributed by atoms with Gasteiger partial charge >= 0.3 is 0 Å². The minimum atomic E-state index is -0.616. The van der Waals surface area contributed by atoms with Gasteiger partial charge in [-0.2, -0.15) is 5.10 Å². The fraction of sp³-hybridized carbons (Fsp3) is 0.615. The Bertz CT molecular complexity index is 535. The lowest BCUT2D eigenvalue weighted by Gasteiger charge is -2.27. The highest BCUT2D eigenvalue weighted by Crippen LogP contribution is 2.17. The van der Waals surface area contributed by atoms with E-state index in [9.17, 15) is 5.11 Å². The van der Waals surface area contributed by atoms with E-state index in [4.69, 9.17) is 0 Å². The van der Waals surface area contributed by atoms with Crippen LogP contribution in [0.1, 0.15) is 31.9 Å². The second-order valence-corrected chi connectivity index (χ2v) is 5.06. The smallest absolute Gasteiger partial charge is 0.163 e. The van der Waals surface area contributed by atoms with Gasteiger partial charge in [-0.3, -0.25) is 0 Å². The number of aliphatic hydroxyl groups excluding tert-OH is 1. The number of fused-ring (bicyclic) bond motifs is 1. The Morgan fingerprint density at radius 1 is 1.21 bits per heavy atom. The maximum Gasteiger partial charge on any atom is 0.163 e. The van der Waals surface area contributed by atoms with Crippen molar-refractivity contribution in [3.63, 3.8) is 0 Å². The fourth-order valence-corrected chi connectivity index (χ4v) is 2.62. The molecule has 2 aromatic rings. The maximum absolute atomic E-state index is 10.3. The van der Waals surface area contributed by atoms with Crippen LogP contribution in [0.4, 0.5) is 0 Å². The first-order chi connectivity index (χ1) is 9.34. The number of likely N-dealkylation sites (tertiary alicyclic amines) is 1. The topological polar surface area (TPSA) is 67.1 Å². The quantitative estimate of drug-likeness (QED) is 0.895. The molecule has 1 saturated heterocycles. The molecule has 1 N–H and O–H groups in total. The summed E-state index contributed by atoms with van der Waals surface area (Å²) < 4.78 is 1.58. The third-order valence-electron chi connectivity index (χ3n) is 3.69. The molecule has 1 aliphatic rings. The van der Waals surface area contributed by atoms with Crippen LogP contribution in [0.15, 0.2) is 18.7 Å². The number of hydrogen-bond donors (Lipinski definition) is 1. The van der Waals surface area contributed by atoms with Crippen molar-refractivity contribution in [1.82, 2.24) is 24.6 Å². The van der Waals surface area contributed by atoms with Crippen molar-refractivity contribution in [2.75, 3.05) is 19.6 Å². The Morgan fingerprint density at radius 2 is 2.05 bits per heavy atom. The number of hydrogen-bond acceptors (Lipinski definition) is 5. The van der Waals surface area contributed by atoms with Crippen molar-refractivity contribution in [3.8, 4) is 0 Å². The molecule has 102 valence electrons. The average Bonchev–Trinajstić information content (AvgIpc) is 2.90. The van der Waals surface area contributed by atoms with E-state index in [1.54, 1.807) is 17.1 Å². The summed E-state index contributed by atoms with van der Waals surface area (Å²) in [5, 5.41) is 15.3. The van der Waals surface area contributed by atoms with Gasteiger partial charge in [0.2, 0.25) is 0 Å². The number of nitrogens with zero attached hydrogens (tertiary/aromatic N) is 5. The summed E-state index contributed by atoms with van der Waals surface area (Å²) in [6.45, 7) is 3.21. The van der Waals surface area contributed by atoms with Crippen molar-refractivity contribution < 1.29 is 5.11 Å². The van der Waals surface area contributed by atoms with Crippen LogP contribution < -0.4 is 0 Å². The Labute approximate surface area is 112 Å². The average molecular weight is 261 g/mol. The minimum Gasteiger partial charge on any atom is -0.372 e. The van der Waals surface area contributed by atoms with Gasteiger partial charge in [0.25, 0.3) is 0 Å². The van der Waals surface area contributed by atoms with Gasteiger partial charge in [0.05, 0.1) is 11.6 Å². The zero-order valence-corrected chi connectivity index (χ0v) is 10.9. The first kappa shape index (κ1) is 12.5. The molecule has 0 amide bonds. The lowest BCUT2D eigenvalue weighted by Crippen LogP contribution is -2.32. The predicted molar refractivity (Wildman–Crippen MR) is 71.5 cm³/mol. The maximum atomic E-state index is 10.3. The Kier molecular flexibility index (Phi) is 3.70. The molecule has 1 unspecified atom stereocenters. The highest BCUT2D eigenvalue weighted by Gasteiger charge is 2.15.